The first-order valence-electron chi connectivity index (χ1n) is 7.48. The monoisotopic (exact) mass is 273 g/mol. The lowest BCUT2D eigenvalue weighted by atomic mass is 9.81. The molecule has 20 heavy (non-hydrogen) atoms. The van der Waals surface area contributed by atoms with Crippen LogP contribution in [-0.4, -0.2) is 20.9 Å². The molecule has 3 fully saturated rings. The fourth-order valence-corrected chi connectivity index (χ4v) is 4.51. The Kier molecular flexibility index (Phi) is 2.65. The molecule has 3 saturated carbocycles. The van der Waals surface area contributed by atoms with Gasteiger partial charge >= 0.3 is 0 Å². The molecular weight excluding hydrogens is 254 g/mol. The predicted octanol–water partition coefficient (Wildman–Crippen LogP) is 1.70. The highest BCUT2D eigenvalue weighted by atomic mass is 16.1. The van der Waals surface area contributed by atoms with Crippen molar-refractivity contribution in [3.63, 3.8) is 0 Å². The molecule has 1 aromatic heterocycles. The first kappa shape index (κ1) is 12.1. The van der Waals surface area contributed by atoms with Crippen LogP contribution in [0.4, 0.5) is 5.95 Å². The summed E-state index contributed by atoms with van der Waals surface area (Å²) in [7, 11) is 0. The molecular formula is C14H19N5O. The Morgan fingerprint density at radius 3 is 3.00 bits per heavy atom. The third-order valence-electron chi connectivity index (χ3n) is 5.37. The fourth-order valence-electron chi connectivity index (χ4n) is 4.51. The summed E-state index contributed by atoms with van der Waals surface area (Å²) in [5.41, 5.74) is 4.30. The van der Waals surface area contributed by atoms with Crippen molar-refractivity contribution < 1.29 is 0 Å². The summed E-state index contributed by atoms with van der Waals surface area (Å²) < 4.78 is 0. The molecule has 4 rings (SSSR count). The quantitative estimate of drug-likeness (QED) is 0.803. The van der Waals surface area contributed by atoms with E-state index in [1.165, 1.54) is 31.4 Å². The van der Waals surface area contributed by atoms with E-state index in [9.17, 15) is 4.79 Å². The third kappa shape index (κ3) is 1.77. The number of hydrogen-bond donors (Lipinski definition) is 2. The van der Waals surface area contributed by atoms with Gasteiger partial charge in [-0.1, -0.05) is 6.42 Å². The number of nitrogens with one attached hydrogen (secondary N) is 2. The summed E-state index contributed by atoms with van der Waals surface area (Å²) in [5, 5.41) is 12.2. The number of fused-ring (bicyclic) bond motifs is 5. The van der Waals surface area contributed by atoms with Crippen LogP contribution in [0.5, 0.6) is 0 Å². The number of rotatable bonds is 2. The average molecular weight is 273 g/mol. The van der Waals surface area contributed by atoms with Gasteiger partial charge in [0, 0.05) is 11.6 Å². The SMILES string of the molecule is Cc1nnc(NN=C2C[C@H]3C[C@H]2[C@H]2CCC[C@H]32)[nH]c1=O. The summed E-state index contributed by atoms with van der Waals surface area (Å²) in [6, 6.07) is 0. The summed E-state index contributed by atoms with van der Waals surface area (Å²) in [4.78, 5) is 14.1. The molecule has 0 spiro atoms. The molecule has 3 aliphatic carbocycles. The van der Waals surface area contributed by atoms with Crippen molar-refractivity contribution in [1.82, 2.24) is 15.2 Å². The van der Waals surface area contributed by atoms with Gasteiger partial charge in [0.05, 0.1) is 0 Å². The van der Waals surface area contributed by atoms with Crippen molar-refractivity contribution in [1.29, 1.82) is 0 Å². The predicted molar refractivity (Wildman–Crippen MR) is 75.5 cm³/mol. The number of hydrazone groups is 1. The van der Waals surface area contributed by atoms with Gasteiger partial charge in [-0.2, -0.15) is 5.10 Å². The molecule has 0 unspecified atom stereocenters. The minimum absolute atomic E-state index is 0.216. The molecule has 6 nitrogen and oxygen atoms in total. The molecule has 0 aromatic carbocycles. The number of aryl methyl sites for hydroxylation is 1. The van der Waals surface area contributed by atoms with E-state index < -0.39 is 0 Å². The zero-order chi connectivity index (χ0) is 13.7. The van der Waals surface area contributed by atoms with E-state index in [4.69, 9.17) is 0 Å². The molecule has 1 heterocycles. The molecule has 2 N–H and O–H groups in total. The zero-order valence-corrected chi connectivity index (χ0v) is 11.6. The molecule has 0 aliphatic heterocycles. The number of hydrogen-bond acceptors (Lipinski definition) is 5. The van der Waals surface area contributed by atoms with E-state index in [2.05, 4.69) is 25.7 Å². The molecule has 2 bridgehead atoms. The molecule has 3 aliphatic rings. The number of aromatic amines is 1. The van der Waals surface area contributed by atoms with Crippen molar-refractivity contribution in [2.45, 2.75) is 39.0 Å². The highest BCUT2D eigenvalue weighted by Gasteiger charge is 2.52. The van der Waals surface area contributed by atoms with Crippen LogP contribution in [0.15, 0.2) is 9.90 Å². The van der Waals surface area contributed by atoms with Crippen LogP contribution in [0.3, 0.4) is 0 Å². The number of anilines is 1. The van der Waals surface area contributed by atoms with Gasteiger partial charge in [0.2, 0.25) is 5.95 Å². The van der Waals surface area contributed by atoms with Gasteiger partial charge in [0.1, 0.15) is 5.69 Å². The van der Waals surface area contributed by atoms with Crippen LogP contribution >= 0.6 is 0 Å². The van der Waals surface area contributed by atoms with E-state index in [-0.39, 0.29) is 5.56 Å². The van der Waals surface area contributed by atoms with Gasteiger partial charge in [-0.3, -0.25) is 9.78 Å². The van der Waals surface area contributed by atoms with Gasteiger partial charge in [0.15, 0.2) is 0 Å². The van der Waals surface area contributed by atoms with Crippen molar-refractivity contribution in [3.05, 3.63) is 16.0 Å². The van der Waals surface area contributed by atoms with E-state index in [1.54, 1.807) is 6.92 Å². The van der Waals surface area contributed by atoms with Crippen molar-refractivity contribution in [2.24, 2.45) is 28.8 Å². The van der Waals surface area contributed by atoms with Crippen LogP contribution in [0.25, 0.3) is 0 Å². The Bertz CT molecular complexity index is 622. The Labute approximate surface area is 117 Å². The maximum Gasteiger partial charge on any atom is 0.274 e. The largest absolute Gasteiger partial charge is 0.288 e. The lowest BCUT2D eigenvalue weighted by Crippen LogP contribution is -2.25. The minimum Gasteiger partial charge on any atom is -0.288 e. The summed E-state index contributed by atoms with van der Waals surface area (Å²) >= 11 is 0. The second-order valence-corrected chi connectivity index (χ2v) is 6.37. The Balaban J connectivity index is 1.51. The maximum atomic E-state index is 11.5. The molecule has 106 valence electrons. The Hall–Kier alpha value is -1.72. The van der Waals surface area contributed by atoms with Crippen LogP contribution in [0.1, 0.15) is 37.8 Å². The number of aromatic nitrogens is 3. The van der Waals surface area contributed by atoms with Gasteiger partial charge in [-0.25, -0.2) is 5.43 Å². The van der Waals surface area contributed by atoms with Gasteiger partial charge in [-0.05, 0) is 50.4 Å². The van der Waals surface area contributed by atoms with E-state index in [0.717, 1.165) is 24.2 Å². The zero-order valence-electron chi connectivity index (χ0n) is 11.6. The molecule has 0 saturated heterocycles. The lowest BCUT2D eigenvalue weighted by Gasteiger charge is -2.25. The second kappa shape index (κ2) is 4.40. The first-order valence-corrected chi connectivity index (χ1v) is 7.48. The Morgan fingerprint density at radius 1 is 1.30 bits per heavy atom. The van der Waals surface area contributed by atoms with Crippen LogP contribution < -0.4 is 11.0 Å². The molecule has 0 radical (unpaired) electrons. The highest BCUT2D eigenvalue weighted by Crippen LogP contribution is 2.57. The topological polar surface area (TPSA) is 83.0 Å². The molecule has 4 atom stereocenters. The number of nitrogens with zero attached hydrogens (tertiary/aromatic N) is 3. The third-order valence-corrected chi connectivity index (χ3v) is 5.37. The normalized spacial score (nSPS) is 36.5. The van der Waals surface area contributed by atoms with Crippen molar-refractivity contribution in [3.8, 4) is 0 Å². The fraction of sp³-hybridized carbons (Fsp3) is 0.714. The minimum atomic E-state index is -0.216. The molecule has 0 amide bonds. The molecule has 6 heteroatoms. The van der Waals surface area contributed by atoms with E-state index in [0.29, 0.717) is 17.6 Å². The second-order valence-electron chi connectivity index (χ2n) is 6.37. The summed E-state index contributed by atoms with van der Waals surface area (Å²) in [6.45, 7) is 1.64. The van der Waals surface area contributed by atoms with Gasteiger partial charge in [0.25, 0.3) is 5.56 Å². The molecule has 1 aromatic rings. The van der Waals surface area contributed by atoms with Crippen LogP contribution in [0.2, 0.25) is 0 Å². The maximum absolute atomic E-state index is 11.5. The van der Waals surface area contributed by atoms with Crippen LogP contribution in [0, 0.1) is 30.6 Å². The first-order chi connectivity index (χ1) is 9.72. The average Bonchev–Trinajstić information content (AvgIpc) is 3.11. The summed E-state index contributed by atoms with van der Waals surface area (Å²) in [6.07, 6.45) is 6.60. The smallest absolute Gasteiger partial charge is 0.274 e. The van der Waals surface area contributed by atoms with E-state index in [1.807, 2.05) is 0 Å². The van der Waals surface area contributed by atoms with Crippen LogP contribution in [-0.2, 0) is 0 Å². The van der Waals surface area contributed by atoms with Gasteiger partial charge in [-0.15, -0.1) is 10.2 Å². The van der Waals surface area contributed by atoms with Gasteiger partial charge < -0.3 is 0 Å². The van der Waals surface area contributed by atoms with Crippen molar-refractivity contribution in [2.75, 3.05) is 5.43 Å². The Morgan fingerprint density at radius 2 is 2.15 bits per heavy atom. The van der Waals surface area contributed by atoms with E-state index >= 15 is 0 Å². The van der Waals surface area contributed by atoms with Crippen molar-refractivity contribution >= 4 is 11.7 Å². The lowest BCUT2D eigenvalue weighted by molar-refractivity contribution is 0.333. The summed E-state index contributed by atoms with van der Waals surface area (Å²) in [5.74, 6) is 3.65. The number of H-pyrrole nitrogens is 1. The highest BCUT2D eigenvalue weighted by molar-refractivity contribution is 5.90. The standard InChI is InChI=1S/C14H19N5O/c1-7-13(20)15-14(18-16-7)19-17-12-6-8-5-11(12)10-4-2-3-9(8)10/h8-11H,2-6H2,1H3,(H2,15,18,19,20)/t8-,9-,10+,11+/m1/s1.